The molecule has 0 unspecified atom stereocenters. The molecule has 1 aromatic carbocycles. The second-order valence-corrected chi connectivity index (χ2v) is 7.63. The molecule has 2 aliphatic heterocycles. The van der Waals surface area contributed by atoms with Crippen molar-refractivity contribution in [1.82, 2.24) is 9.78 Å². The van der Waals surface area contributed by atoms with Gasteiger partial charge in [0, 0.05) is 23.8 Å². The van der Waals surface area contributed by atoms with Crippen molar-refractivity contribution in [2.75, 3.05) is 6.54 Å². The van der Waals surface area contributed by atoms with Crippen LogP contribution in [-0.4, -0.2) is 27.9 Å². The molecule has 4 nitrogen and oxygen atoms in total. The van der Waals surface area contributed by atoms with Gasteiger partial charge in [0.2, 0.25) is 0 Å². The summed E-state index contributed by atoms with van der Waals surface area (Å²) >= 11 is 0. The Morgan fingerprint density at radius 1 is 1.07 bits per heavy atom. The molecule has 0 radical (unpaired) electrons. The van der Waals surface area contributed by atoms with Gasteiger partial charge in [-0.2, -0.15) is 5.10 Å². The molecule has 0 bridgehead atoms. The minimum absolute atomic E-state index is 0.0308. The van der Waals surface area contributed by atoms with E-state index in [1.54, 1.807) is 10.8 Å². The summed E-state index contributed by atoms with van der Waals surface area (Å²) in [6.45, 7) is 9.23. The van der Waals surface area contributed by atoms with Gasteiger partial charge in [-0.15, -0.1) is 0 Å². The van der Waals surface area contributed by atoms with Gasteiger partial charge in [-0.05, 0) is 62.8 Å². The van der Waals surface area contributed by atoms with Crippen LogP contribution in [0.3, 0.4) is 0 Å². The Hall–Kier alpha value is -2.75. The van der Waals surface area contributed by atoms with Crippen LogP contribution in [0.25, 0.3) is 11.3 Å². The molecular formula is C23H25N3O. The summed E-state index contributed by atoms with van der Waals surface area (Å²) in [7, 11) is 0. The van der Waals surface area contributed by atoms with E-state index in [0.29, 0.717) is 0 Å². The Morgan fingerprint density at radius 2 is 1.85 bits per heavy atom. The summed E-state index contributed by atoms with van der Waals surface area (Å²) < 4.78 is 1.59. The van der Waals surface area contributed by atoms with E-state index >= 15 is 0 Å². The van der Waals surface area contributed by atoms with Gasteiger partial charge in [0.05, 0.1) is 17.9 Å². The number of nitrogens with zero attached hydrogens (tertiary/aromatic N) is 3. The highest BCUT2D eigenvalue weighted by atomic mass is 16.2. The number of hydrogen-bond donors (Lipinski definition) is 0. The Bertz CT molecular complexity index is 1030. The van der Waals surface area contributed by atoms with E-state index < -0.39 is 0 Å². The van der Waals surface area contributed by atoms with Crippen molar-refractivity contribution in [2.24, 2.45) is 4.99 Å². The van der Waals surface area contributed by atoms with Crippen LogP contribution in [0.2, 0.25) is 0 Å². The Balaban J connectivity index is 1.60. The Morgan fingerprint density at radius 3 is 2.56 bits per heavy atom. The second kappa shape index (κ2) is 6.76. The molecule has 0 saturated heterocycles. The topological polar surface area (TPSA) is 47.2 Å². The minimum atomic E-state index is -0.0308. The van der Waals surface area contributed by atoms with Gasteiger partial charge in [-0.3, -0.25) is 9.79 Å². The fraction of sp³-hybridized carbons (Fsp3) is 0.348. The van der Waals surface area contributed by atoms with Crippen LogP contribution < -0.4 is 0 Å². The third-order valence-electron chi connectivity index (χ3n) is 5.78. The van der Waals surface area contributed by atoms with Gasteiger partial charge in [0.15, 0.2) is 0 Å². The quantitative estimate of drug-likeness (QED) is 0.782. The SMILES string of the molecule is CC1=NCC(C)=C1CCC1=CC(=O)n2nc(-c3ccccc3C)c(C)c2C1. The van der Waals surface area contributed by atoms with Crippen molar-refractivity contribution >= 4 is 11.6 Å². The van der Waals surface area contributed by atoms with E-state index in [2.05, 4.69) is 49.9 Å². The first-order valence-corrected chi connectivity index (χ1v) is 9.54. The van der Waals surface area contributed by atoms with Gasteiger partial charge in [-0.1, -0.05) is 29.8 Å². The summed E-state index contributed by atoms with van der Waals surface area (Å²) in [5.74, 6) is -0.0308. The van der Waals surface area contributed by atoms with E-state index in [0.717, 1.165) is 54.0 Å². The summed E-state index contributed by atoms with van der Waals surface area (Å²) in [6, 6.07) is 8.21. The third kappa shape index (κ3) is 3.09. The first-order chi connectivity index (χ1) is 13.0. The lowest BCUT2D eigenvalue weighted by Gasteiger charge is -2.15. The van der Waals surface area contributed by atoms with Crippen molar-refractivity contribution in [1.29, 1.82) is 0 Å². The monoisotopic (exact) mass is 359 g/mol. The number of hydrogen-bond acceptors (Lipinski definition) is 3. The minimum Gasteiger partial charge on any atom is -0.285 e. The zero-order valence-corrected chi connectivity index (χ0v) is 16.5. The van der Waals surface area contributed by atoms with Gasteiger partial charge in [0.25, 0.3) is 5.91 Å². The van der Waals surface area contributed by atoms with E-state index in [1.807, 2.05) is 12.1 Å². The van der Waals surface area contributed by atoms with Gasteiger partial charge >= 0.3 is 0 Å². The largest absolute Gasteiger partial charge is 0.285 e. The van der Waals surface area contributed by atoms with Gasteiger partial charge in [0.1, 0.15) is 0 Å². The fourth-order valence-electron chi connectivity index (χ4n) is 4.09. The maximum absolute atomic E-state index is 12.7. The predicted octanol–water partition coefficient (Wildman–Crippen LogP) is 4.86. The molecule has 0 aliphatic carbocycles. The molecule has 2 aliphatic rings. The highest BCUT2D eigenvalue weighted by Gasteiger charge is 2.25. The number of allylic oxidation sites excluding steroid dienone is 3. The molecule has 0 N–H and O–H groups in total. The van der Waals surface area contributed by atoms with Crippen molar-refractivity contribution in [3.63, 3.8) is 0 Å². The highest BCUT2D eigenvalue weighted by Crippen LogP contribution is 2.32. The number of carbonyl (C=O) groups is 1. The normalized spacial score (nSPS) is 16.5. The first kappa shape index (κ1) is 17.7. The van der Waals surface area contributed by atoms with Crippen LogP contribution in [0, 0.1) is 13.8 Å². The van der Waals surface area contributed by atoms with E-state index in [4.69, 9.17) is 0 Å². The van der Waals surface area contributed by atoms with Crippen LogP contribution in [0.5, 0.6) is 0 Å². The van der Waals surface area contributed by atoms with Gasteiger partial charge < -0.3 is 0 Å². The molecule has 1 aromatic heterocycles. The van der Waals surface area contributed by atoms with Crippen LogP contribution in [-0.2, 0) is 6.42 Å². The Labute approximate surface area is 160 Å². The zero-order valence-electron chi connectivity index (χ0n) is 16.5. The number of carbonyl (C=O) groups excluding carboxylic acids is 1. The molecule has 4 heteroatoms. The van der Waals surface area contributed by atoms with Crippen LogP contribution in [0.4, 0.5) is 0 Å². The van der Waals surface area contributed by atoms with Crippen LogP contribution >= 0.6 is 0 Å². The number of fused-ring (bicyclic) bond motifs is 1. The van der Waals surface area contributed by atoms with Crippen molar-refractivity contribution < 1.29 is 4.79 Å². The zero-order chi connectivity index (χ0) is 19.1. The lowest BCUT2D eigenvalue weighted by molar-refractivity contribution is 0.0945. The maximum atomic E-state index is 12.7. The van der Waals surface area contributed by atoms with E-state index in [9.17, 15) is 4.79 Å². The molecular weight excluding hydrogens is 334 g/mol. The Kier molecular flexibility index (Phi) is 4.42. The molecule has 3 heterocycles. The number of aromatic nitrogens is 2. The molecule has 2 aromatic rings. The standard InChI is InChI=1S/C23H25N3O/c1-14-7-5-6-8-20(14)23-16(3)21-11-18(12-22(27)26(21)25-23)9-10-19-15(2)13-24-17(19)4/h5-8,12H,9-11,13H2,1-4H3. The highest BCUT2D eigenvalue weighted by molar-refractivity contribution is 6.00. The molecule has 0 fully saturated rings. The fourth-order valence-corrected chi connectivity index (χ4v) is 4.09. The lowest BCUT2D eigenvalue weighted by Crippen LogP contribution is -2.19. The molecule has 138 valence electrons. The molecule has 27 heavy (non-hydrogen) atoms. The van der Waals surface area contributed by atoms with E-state index in [1.165, 1.54) is 22.3 Å². The average molecular weight is 359 g/mol. The van der Waals surface area contributed by atoms with Crippen LogP contribution in [0.1, 0.15) is 48.3 Å². The third-order valence-corrected chi connectivity index (χ3v) is 5.78. The summed E-state index contributed by atoms with van der Waals surface area (Å²) in [5.41, 5.74) is 10.4. The number of aryl methyl sites for hydroxylation is 1. The summed E-state index contributed by atoms with van der Waals surface area (Å²) in [5, 5.41) is 4.65. The smallest absolute Gasteiger partial charge is 0.271 e. The molecule has 0 atom stereocenters. The van der Waals surface area contributed by atoms with Crippen LogP contribution in [0.15, 0.2) is 52.1 Å². The molecule has 0 amide bonds. The van der Waals surface area contributed by atoms with Crippen molar-refractivity contribution in [3.05, 3.63) is 63.9 Å². The first-order valence-electron chi connectivity index (χ1n) is 9.54. The molecule has 0 spiro atoms. The maximum Gasteiger partial charge on any atom is 0.271 e. The average Bonchev–Trinajstić information content (AvgIpc) is 3.14. The van der Waals surface area contributed by atoms with E-state index in [-0.39, 0.29) is 5.91 Å². The lowest BCUT2D eigenvalue weighted by atomic mass is 9.93. The molecule has 4 rings (SSSR count). The predicted molar refractivity (Wildman–Crippen MR) is 109 cm³/mol. The van der Waals surface area contributed by atoms with Crippen molar-refractivity contribution in [3.8, 4) is 11.3 Å². The summed E-state index contributed by atoms with van der Waals surface area (Å²) in [4.78, 5) is 17.2. The number of benzene rings is 1. The summed E-state index contributed by atoms with van der Waals surface area (Å²) in [6.07, 6.45) is 4.42. The number of rotatable bonds is 4. The van der Waals surface area contributed by atoms with Crippen molar-refractivity contribution in [2.45, 2.75) is 47.0 Å². The second-order valence-electron chi connectivity index (χ2n) is 7.63. The molecule has 0 saturated carbocycles. The number of aliphatic imine (C=N–C) groups is 1. The van der Waals surface area contributed by atoms with Gasteiger partial charge in [-0.25, -0.2) is 4.68 Å².